The minimum atomic E-state index is -2.88. The summed E-state index contributed by atoms with van der Waals surface area (Å²) in [6, 6.07) is 9.77. The molecule has 0 N–H and O–H groups in total. The Morgan fingerprint density at radius 1 is 1.17 bits per heavy atom. The molecular weight excluding hydrogens is 356 g/mol. The molecule has 3 aromatic heterocycles. The van der Waals surface area contributed by atoms with Crippen LogP contribution in [-0.2, 0) is 13.4 Å². The van der Waals surface area contributed by atoms with Gasteiger partial charge in [0.2, 0.25) is 11.4 Å². The van der Waals surface area contributed by atoms with Crippen molar-refractivity contribution in [3.8, 4) is 11.3 Å². The third kappa shape index (κ3) is 3.23. The van der Waals surface area contributed by atoms with E-state index in [1.54, 1.807) is 31.5 Å². The summed E-state index contributed by atoms with van der Waals surface area (Å²) in [7, 11) is 1.76. The van der Waals surface area contributed by atoms with Gasteiger partial charge < -0.3 is 4.42 Å². The maximum absolute atomic E-state index is 8.70. The van der Waals surface area contributed by atoms with E-state index in [-0.39, 0.29) is 11.5 Å². The second-order valence-electron chi connectivity index (χ2n) is 8.20. The minimum absolute atomic E-state index is 0.0126. The Morgan fingerprint density at radius 2 is 1.93 bits per heavy atom. The Labute approximate surface area is 181 Å². The first kappa shape index (κ1) is 13.5. The number of hydrogen-bond acceptors (Lipinski definition) is 2. The van der Waals surface area contributed by atoms with Crippen LogP contribution in [0.3, 0.4) is 0 Å². The number of furan rings is 1. The van der Waals surface area contributed by atoms with Crippen LogP contribution in [0.1, 0.15) is 77.0 Å². The second-order valence-corrected chi connectivity index (χ2v) is 8.20. The molecule has 0 unspecified atom stereocenters. The van der Waals surface area contributed by atoms with Crippen LogP contribution >= 0.6 is 0 Å². The smallest absolute Gasteiger partial charge is 0.227 e. The average Bonchev–Trinajstić information content (AvgIpc) is 3.09. The molecule has 1 aromatic carbocycles. The van der Waals surface area contributed by atoms with E-state index in [0.29, 0.717) is 22.6 Å². The van der Waals surface area contributed by atoms with Gasteiger partial charge in [-0.25, -0.2) is 9.55 Å². The highest BCUT2D eigenvalue weighted by Gasteiger charge is 2.23. The normalized spacial score (nSPS) is 16.4. The van der Waals surface area contributed by atoms with Gasteiger partial charge in [-0.1, -0.05) is 46.7 Å². The fourth-order valence-electron chi connectivity index (χ4n) is 3.88. The molecule has 4 rings (SSSR count). The van der Waals surface area contributed by atoms with Crippen molar-refractivity contribution in [1.29, 1.82) is 0 Å². The highest BCUT2D eigenvalue weighted by molar-refractivity contribution is 6.08. The first-order valence-electron chi connectivity index (χ1n) is 12.9. The van der Waals surface area contributed by atoms with Gasteiger partial charge in [-0.3, -0.25) is 0 Å². The summed E-state index contributed by atoms with van der Waals surface area (Å²) in [4.78, 5) is 4.71. The van der Waals surface area contributed by atoms with Crippen molar-refractivity contribution < 1.29 is 17.2 Å². The Bertz CT molecular complexity index is 1440. The number of nitrogens with zero attached hydrogens (tertiary/aromatic N) is 2. The first-order valence-corrected chi connectivity index (χ1v) is 9.92. The van der Waals surface area contributed by atoms with Crippen LogP contribution < -0.4 is 4.57 Å². The van der Waals surface area contributed by atoms with Crippen LogP contribution in [0.5, 0.6) is 0 Å². The lowest BCUT2D eigenvalue weighted by atomic mass is 9.93. The van der Waals surface area contributed by atoms with E-state index < -0.39 is 19.1 Å². The minimum Gasteiger partial charge on any atom is -0.437 e. The number of aryl methyl sites for hydroxylation is 3. The SMILES string of the molecule is [2H]C(C)(C)c1cc(-c2c(C)ccc3c2oc2nc(C(C)C)ccc23)[n+](C)cc1C([2H])([2H])C([2H])([2H])[2H]. The van der Waals surface area contributed by atoms with E-state index in [2.05, 4.69) is 13.8 Å². The molecule has 0 radical (unpaired) electrons. The summed E-state index contributed by atoms with van der Waals surface area (Å²) >= 11 is 0. The van der Waals surface area contributed by atoms with Crippen molar-refractivity contribution in [1.82, 2.24) is 4.98 Å². The Morgan fingerprint density at radius 3 is 2.62 bits per heavy atom. The molecule has 3 nitrogen and oxygen atoms in total. The second kappa shape index (κ2) is 7.29. The van der Waals surface area contributed by atoms with Gasteiger partial charge in [0.25, 0.3) is 0 Å². The molecule has 0 aliphatic carbocycles. The molecule has 150 valence electrons. The summed E-state index contributed by atoms with van der Waals surface area (Å²) < 4.78 is 56.8. The van der Waals surface area contributed by atoms with Gasteiger partial charge in [0.15, 0.2) is 11.8 Å². The Hall–Kier alpha value is -2.68. The number of benzene rings is 1. The standard InChI is InChI=1S/C26H31N2O/c1-8-18-14-28(7)23(13-21(18)15(2)3)24-17(6)9-10-19-20-11-12-22(16(4)5)27-26(20)29-25(19)24/h9-16H,8H2,1-7H3/q+1/i1D3,8D2,15D. The summed E-state index contributed by atoms with van der Waals surface area (Å²) in [5.41, 5.74) is 4.91. The van der Waals surface area contributed by atoms with Crippen molar-refractivity contribution in [2.75, 3.05) is 0 Å². The molecule has 3 heterocycles. The van der Waals surface area contributed by atoms with Gasteiger partial charge in [-0.05, 0) is 48.4 Å². The monoisotopic (exact) mass is 393 g/mol. The van der Waals surface area contributed by atoms with E-state index >= 15 is 0 Å². The van der Waals surface area contributed by atoms with Crippen molar-refractivity contribution in [3.05, 3.63) is 58.9 Å². The van der Waals surface area contributed by atoms with E-state index in [1.807, 2.05) is 31.2 Å². The fourth-order valence-corrected chi connectivity index (χ4v) is 3.88. The zero-order chi connectivity index (χ0) is 26.1. The average molecular weight is 394 g/mol. The highest BCUT2D eigenvalue weighted by Crippen LogP contribution is 2.37. The maximum Gasteiger partial charge on any atom is 0.227 e. The molecule has 0 bridgehead atoms. The third-order valence-electron chi connectivity index (χ3n) is 5.53. The Kier molecular flexibility index (Phi) is 3.40. The fraction of sp³-hybridized carbons (Fsp3) is 0.385. The number of pyridine rings is 2. The van der Waals surface area contributed by atoms with Gasteiger partial charge in [-0.2, -0.15) is 0 Å². The molecule has 0 spiro atoms. The van der Waals surface area contributed by atoms with E-state index in [4.69, 9.17) is 17.6 Å². The molecule has 0 aliphatic heterocycles. The van der Waals surface area contributed by atoms with Crippen molar-refractivity contribution >= 4 is 22.1 Å². The van der Waals surface area contributed by atoms with E-state index in [0.717, 1.165) is 27.6 Å². The molecule has 4 aromatic rings. The molecule has 0 fully saturated rings. The number of aromatic nitrogens is 2. The molecule has 0 saturated carbocycles. The van der Waals surface area contributed by atoms with E-state index in [1.165, 1.54) is 6.20 Å². The molecule has 0 amide bonds. The number of hydrogen-bond donors (Lipinski definition) is 0. The first-order chi connectivity index (χ1) is 16.0. The quantitative estimate of drug-likeness (QED) is 0.366. The van der Waals surface area contributed by atoms with Crippen molar-refractivity contribution in [3.63, 3.8) is 0 Å². The molecule has 0 atom stereocenters. The Balaban J connectivity index is 2.06. The molecule has 0 aliphatic rings. The predicted molar refractivity (Wildman–Crippen MR) is 120 cm³/mol. The van der Waals surface area contributed by atoms with Crippen LogP contribution in [0.2, 0.25) is 0 Å². The molecule has 0 saturated heterocycles. The number of fused-ring (bicyclic) bond motifs is 3. The van der Waals surface area contributed by atoms with Gasteiger partial charge in [0, 0.05) is 36.3 Å². The summed E-state index contributed by atoms with van der Waals surface area (Å²) in [5, 5.41) is 1.82. The lowest BCUT2D eigenvalue weighted by molar-refractivity contribution is -0.660. The van der Waals surface area contributed by atoms with Gasteiger partial charge in [0.1, 0.15) is 7.05 Å². The molecular formula is C26H31N2O+. The van der Waals surface area contributed by atoms with Crippen LogP contribution in [-0.4, -0.2) is 4.98 Å². The lowest BCUT2D eigenvalue weighted by Crippen LogP contribution is -2.32. The number of rotatable bonds is 4. The van der Waals surface area contributed by atoms with Crippen molar-refractivity contribution in [2.45, 2.75) is 59.7 Å². The molecule has 3 heteroatoms. The van der Waals surface area contributed by atoms with Crippen LogP contribution in [0.15, 0.2) is 40.9 Å². The highest BCUT2D eigenvalue weighted by atomic mass is 16.3. The summed E-state index contributed by atoms with van der Waals surface area (Å²) in [5.74, 6) is -0.977. The summed E-state index contributed by atoms with van der Waals surface area (Å²) in [6.07, 6.45) is -1.11. The zero-order valence-electron chi connectivity index (χ0n) is 23.8. The van der Waals surface area contributed by atoms with Gasteiger partial charge >= 0.3 is 0 Å². The summed E-state index contributed by atoms with van der Waals surface area (Å²) in [6.45, 7) is 6.52. The largest absolute Gasteiger partial charge is 0.437 e. The zero-order valence-corrected chi connectivity index (χ0v) is 17.8. The van der Waals surface area contributed by atoms with Gasteiger partial charge in [-0.15, -0.1) is 0 Å². The van der Waals surface area contributed by atoms with Crippen molar-refractivity contribution in [2.24, 2.45) is 7.05 Å². The maximum atomic E-state index is 8.70. The van der Waals surface area contributed by atoms with E-state index in [9.17, 15) is 0 Å². The van der Waals surface area contributed by atoms with Crippen LogP contribution in [0, 0.1) is 6.92 Å². The topological polar surface area (TPSA) is 29.9 Å². The predicted octanol–water partition coefficient (Wildman–Crippen LogP) is 6.59. The third-order valence-corrected chi connectivity index (χ3v) is 5.53. The molecule has 29 heavy (non-hydrogen) atoms. The van der Waals surface area contributed by atoms with Gasteiger partial charge in [0.05, 0.1) is 5.56 Å². The lowest BCUT2D eigenvalue weighted by Gasteiger charge is -2.13. The van der Waals surface area contributed by atoms with Crippen LogP contribution in [0.4, 0.5) is 0 Å². The van der Waals surface area contributed by atoms with Crippen LogP contribution in [0.25, 0.3) is 33.3 Å².